The van der Waals surface area contributed by atoms with Crippen LogP contribution in [0, 0.1) is 19.8 Å². The van der Waals surface area contributed by atoms with Gasteiger partial charge in [-0.2, -0.15) is 0 Å². The molecule has 0 heterocycles. The van der Waals surface area contributed by atoms with E-state index in [4.69, 9.17) is 0 Å². The minimum atomic E-state index is 0.439. The minimum absolute atomic E-state index is 0.439. The van der Waals surface area contributed by atoms with Crippen molar-refractivity contribution in [3.63, 3.8) is 0 Å². The summed E-state index contributed by atoms with van der Waals surface area (Å²) in [6, 6.07) is 7.85. The zero-order valence-electron chi connectivity index (χ0n) is 13.6. The van der Waals surface area contributed by atoms with Gasteiger partial charge in [-0.15, -0.1) is 0 Å². The molecule has 0 aromatic heterocycles. The van der Waals surface area contributed by atoms with E-state index >= 15 is 0 Å². The molecule has 0 bridgehead atoms. The van der Waals surface area contributed by atoms with Gasteiger partial charge < -0.3 is 5.32 Å². The number of benzene rings is 1. The first-order valence-corrected chi connectivity index (χ1v) is 7.81. The van der Waals surface area contributed by atoms with E-state index in [1.54, 1.807) is 0 Å². The lowest BCUT2D eigenvalue weighted by Gasteiger charge is -2.26. The lowest BCUT2D eigenvalue weighted by atomic mass is 9.95. The maximum atomic E-state index is 3.81. The molecule has 3 unspecified atom stereocenters. The van der Waals surface area contributed by atoms with E-state index < -0.39 is 0 Å². The first kappa shape index (κ1) is 16.2. The Morgan fingerprint density at radius 3 is 2.26 bits per heavy atom. The number of hydrogen-bond donors (Lipinski definition) is 1. The Morgan fingerprint density at radius 2 is 1.74 bits per heavy atom. The number of nitrogens with one attached hydrogen (secondary N) is 1. The van der Waals surface area contributed by atoms with E-state index in [0.717, 1.165) is 5.92 Å². The van der Waals surface area contributed by atoms with Gasteiger partial charge in [0.05, 0.1) is 0 Å². The monoisotopic (exact) mass is 261 g/mol. The molecule has 1 aromatic carbocycles. The molecule has 0 saturated carbocycles. The highest BCUT2D eigenvalue weighted by Gasteiger charge is 2.15. The van der Waals surface area contributed by atoms with Gasteiger partial charge in [-0.3, -0.25) is 0 Å². The normalized spacial score (nSPS) is 16.1. The second-order valence-corrected chi connectivity index (χ2v) is 6.10. The van der Waals surface area contributed by atoms with E-state index in [9.17, 15) is 0 Å². The van der Waals surface area contributed by atoms with Crippen molar-refractivity contribution in [1.29, 1.82) is 0 Å². The first-order valence-electron chi connectivity index (χ1n) is 7.81. The van der Waals surface area contributed by atoms with Crippen LogP contribution >= 0.6 is 0 Å². The van der Waals surface area contributed by atoms with Crippen molar-refractivity contribution in [3.05, 3.63) is 34.9 Å². The summed E-state index contributed by atoms with van der Waals surface area (Å²) in [6.07, 6.45) is 3.76. The van der Waals surface area contributed by atoms with Crippen LogP contribution in [-0.4, -0.2) is 6.04 Å². The Balaban J connectivity index is 2.68. The Labute approximate surface area is 119 Å². The van der Waals surface area contributed by atoms with Crippen LogP contribution in [0.5, 0.6) is 0 Å². The van der Waals surface area contributed by atoms with Crippen molar-refractivity contribution < 1.29 is 0 Å². The van der Waals surface area contributed by atoms with Crippen LogP contribution < -0.4 is 5.32 Å². The second kappa shape index (κ2) is 7.69. The van der Waals surface area contributed by atoms with E-state index in [1.807, 2.05) is 0 Å². The Bertz CT molecular complexity index is 383. The lowest BCUT2D eigenvalue weighted by molar-refractivity contribution is 0.358. The zero-order chi connectivity index (χ0) is 14.4. The SMILES string of the molecule is CCC(C)CC(CC)NC(C)c1ccc(C)cc1C. The Morgan fingerprint density at radius 1 is 1.05 bits per heavy atom. The Kier molecular flexibility index (Phi) is 6.57. The molecule has 0 aliphatic heterocycles. The summed E-state index contributed by atoms with van der Waals surface area (Å²) in [4.78, 5) is 0. The van der Waals surface area contributed by atoms with Crippen molar-refractivity contribution in [2.45, 2.75) is 72.9 Å². The van der Waals surface area contributed by atoms with Gasteiger partial charge >= 0.3 is 0 Å². The molecule has 1 nitrogen and oxygen atoms in total. The van der Waals surface area contributed by atoms with Gasteiger partial charge in [-0.25, -0.2) is 0 Å². The fourth-order valence-corrected chi connectivity index (χ4v) is 2.76. The van der Waals surface area contributed by atoms with Gasteiger partial charge in [0.2, 0.25) is 0 Å². The highest BCUT2D eigenvalue weighted by atomic mass is 14.9. The van der Waals surface area contributed by atoms with E-state index in [0.29, 0.717) is 12.1 Å². The number of aryl methyl sites for hydroxylation is 2. The summed E-state index contributed by atoms with van der Waals surface area (Å²) in [5.74, 6) is 0.809. The summed E-state index contributed by atoms with van der Waals surface area (Å²) in [6.45, 7) is 13.6. The molecule has 108 valence electrons. The van der Waals surface area contributed by atoms with E-state index in [1.165, 1.54) is 36.0 Å². The molecule has 1 N–H and O–H groups in total. The van der Waals surface area contributed by atoms with E-state index in [2.05, 4.69) is 65.1 Å². The van der Waals surface area contributed by atoms with Crippen molar-refractivity contribution in [1.82, 2.24) is 5.32 Å². The number of hydrogen-bond acceptors (Lipinski definition) is 1. The van der Waals surface area contributed by atoms with Gasteiger partial charge in [0, 0.05) is 12.1 Å². The highest BCUT2D eigenvalue weighted by Crippen LogP contribution is 2.21. The molecule has 1 rings (SSSR count). The summed E-state index contributed by atoms with van der Waals surface area (Å²) in [5, 5.41) is 3.81. The van der Waals surface area contributed by atoms with Crippen LogP contribution in [0.3, 0.4) is 0 Å². The maximum absolute atomic E-state index is 3.81. The molecular formula is C18H31N. The smallest absolute Gasteiger partial charge is 0.0296 e. The minimum Gasteiger partial charge on any atom is -0.307 e. The van der Waals surface area contributed by atoms with Crippen molar-refractivity contribution in [2.24, 2.45) is 5.92 Å². The van der Waals surface area contributed by atoms with Gasteiger partial charge in [0.25, 0.3) is 0 Å². The zero-order valence-corrected chi connectivity index (χ0v) is 13.6. The summed E-state index contributed by atoms with van der Waals surface area (Å²) < 4.78 is 0. The molecule has 1 aromatic rings. The molecule has 0 radical (unpaired) electrons. The first-order chi connectivity index (χ1) is 8.97. The van der Waals surface area contributed by atoms with Gasteiger partial charge in [0.1, 0.15) is 0 Å². The highest BCUT2D eigenvalue weighted by molar-refractivity contribution is 5.32. The van der Waals surface area contributed by atoms with Crippen LogP contribution in [0.25, 0.3) is 0 Å². The molecule has 19 heavy (non-hydrogen) atoms. The quantitative estimate of drug-likeness (QED) is 0.714. The van der Waals surface area contributed by atoms with Crippen molar-refractivity contribution >= 4 is 0 Å². The van der Waals surface area contributed by atoms with E-state index in [-0.39, 0.29) is 0 Å². The van der Waals surface area contributed by atoms with Gasteiger partial charge in [-0.05, 0) is 50.7 Å². The largest absolute Gasteiger partial charge is 0.307 e. The molecule has 0 aliphatic carbocycles. The summed E-state index contributed by atoms with van der Waals surface area (Å²) in [7, 11) is 0. The van der Waals surface area contributed by atoms with Crippen molar-refractivity contribution in [2.75, 3.05) is 0 Å². The third-order valence-corrected chi connectivity index (χ3v) is 4.25. The fraction of sp³-hybridized carbons (Fsp3) is 0.667. The molecule has 0 fully saturated rings. The molecule has 0 amide bonds. The molecule has 0 spiro atoms. The number of rotatable bonds is 7. The lowest BCUT2D eigenvalue weighted by Crippen LogP contribution is -2.32. The molecule has 0 aliphatic rings. The topological polar surface area (TPSA) is 12.0 Å². The Hall–Kier alpha value is -0.820. The van der Waals surface area contributed by atoms with Gasteiger partial charge in [-0.1, -0.05) is 51.0 Å². The summed E-state index contributed by atoms with van der Waals surface area (Å²) in [5.41, 5.74) is 4.19. The third-order valence-electron chi connectivity index (χ3n) is 4.25. The predicted molar refractivity (Wildman–Crippen MR) is 85.6 cm³/mol. The fourth-order valence-electron chi connectivity index (χ4n) is 2.76. The maximum Gasteiger partial charge on any atom is 0.0296 e. The molecule has 1 heteroatoms. The second-order valence-electron chi connectivity index (χ2n) is 6.10. The average molecular weight is 261 g/mol. The average Bonchev–Trinajstić information content (AvgIpc) is 2.37. The van der Waals surface area contributed by atoms with Crippen LogP contribution in [0.15, 0.2) is 18.2 Å². The van der Waals surface area contributed by atoms with Crippen LogP contribution in [0.1, 0.15) is 69.7 Å². The predicted octanol–water partition coefficient (Wildman–Crippen LogP) is 5.17. The molecule has 3 atom stereocenters. The van der Waals surface area contributed by atoms with Gasteiger partial charge in [0.15, 0.2) is 0 Å². The van der Waals surface area contributed by atoms with Crippen LogP contribution in [0.2, 0.25) is 0 Å². The third kappa shape index (κ3) is 4.99. The summed E-state index contributed by atoms with van der Waals surface area (Å²) >= 11 is 0. The van der Waals surface area contributed by atoms with Crippen molar-refractivity contribution in [3.8, 4) is 0 Å². The van der Waals surface area contributed by atoms with Crippen LogP contribution in [0.4, 0.5) is 0 Å². The molecular weight excluding hydrogens is 230 g/mol. The molecule has 0 saturated heterocycles. The standard InChI is InChI=1S/C18H31N/c1-7-13(3)12-17(8-2)19-16(6)18-10-9-14(4)11-15(18)5/h9-11,13,16-17,19H,7-8,12H2,1-6H3. The van der Waals surface area contributed by atoms with Crippen LogP contribution in [-0.2, 0) is 0 Å².